The van der Waals surface area contributed by atoms with Crippen molar-refractivity contribution in [2.75, 3.05) is 0 Å². The molecule has 0 aromatic carbocycles. The van der Waals surface area contributed by atoms with Gasteiger partial charge in [-0.25, -0.2) is 0 Å². The van der Waals surface area contributed by atoms with Gasteiger partial charge in [0.05, 0.1) is 0 Å². The summed E-state index contributed by atoms with van der Waals surface area (Å²) in [6.45, 7) is 14.5. The van der Waals surface area contributed by atoms with E-state index in [1.165, 1.54) is 12.0 Å². The van der Waals surface area contributed by atoms with Crippen molar-refractivity contribution in [2.24, 2.45) is 0 Å². The molecular weight excluding hydrogens is 202 g/mol. The van der Waals surface area contributed by atoms with E-state index in [1.807, 2.05) is 0 Å². The molecule has 0 bridgehead atoms. The smallest absolute Gasteiger partial charge is 0.138 e. The van der Waals surface area contributed by atoms with Crippen LogP contribution in [0.4, 0.5) is 0 Å². The lowest BCUT2D eigenvalue weighted by Gasteiger charge is -2.41. The highest BCUT2D eigenvalue weighted by Gasteiger charge is 2.29. The van der Waals surface area contributed by atoms with Gasteiger partial charge in [0.15, 0.2) is 0 Å². The first-order valence-electron chi connectivity index (χ1n) is 5.49. The van der Waals surface area contributed by atoms with Crippen LogP contribution in [0.5, 0.6) is 0 Å². The Kier molecular flexibility index (Phi) is 3.42. The summed E-state index contributed by atoms with van der Waals surface area (Å²) < 4.78 is 2.81. The van der Waals surface area contributed by atoms with Crippen molar-refractivity contribution in [1.82, 2.24) is 4.23 Å². The Morgan fingerprint density at radius 3 is 2.14 bits per heavy atom. The van der Waals surface area contributed by atoms with Crippen LogP contribution >= 0.6 is 0 Å². The average Bonchev–Trinajstić information content (AvgIpc) is 2.32. The Hall–Kier alpha value is -0.286. The van der Waals surface area contributed by atoms with Gasteiger partial charge in [0, 0.05) is 12.1 Å². The predicted molar refractivity (Wildman–Crippen MR) is 70.5 cm³/mol. The second-order valence-corrected chi connectivity index (χ2v) is 13.4. The van der Waals surface area contributed by atoms with Crippen LogP contribution in [0.15, 0.2) is 23.4 Å². The molecule has 80 valence electrons. The van der Waals surface area contributed by atoms with Gasteiger partial charge in [-0.1, -0.05) is 44.9 Å². The normalized spacial score (nSPS) is 17.1. The summed E-state index contributed by atoms with van der Waals surface area (Å²) in [6, 6.07) is 0. The molecule has 14 heavy (non-hydrogen) atoms. The fourth-order valence-corrected chi connectivity index (χ4v) is 10.6. The van der Waals surface area contributed by atoms with E-state index in [4.69, 9.17) is 0 Å². The quantitative estimate of drug-likeness (QED) is 0.666. The summed E-state index contributed by atoms with van der Waals surface area (Å²) in [5.74, 6) is 0. The molecule has 0 heterocycles. The number of hydrogen-bond donors (Lipinski definition) is 0. The SMILES string of the molecule is CC1=C(N([SiH](C)C)[Si](C)(C)C)CC=C1. The Morgan fingerprint density at radius 1 is 1.29 bits per heavy atom. The first-order valence-corrected chi connectivity index (χ1v) is 11.8. The van der Waals surface area contributed by atoms with Crippen LogP contribution in [-0.4, -0.2) is 21.4 Å². The average molecular weight is 225 g/mol. The van der Waals surface area contributed by atoms with Gasteiger partial charge < -0.3 is 4.23 Å². The van der Waals surface area contributed by atoms with E-state index in [1.54, 1.807) is 5.70 Å². The van der Waals surface area contributed by atoms with Crippen LogP contribution in [-0.2, 0) is 0 Å². The molecule has 0 amide bonds. The lowest BCUT2D eigenvalue weighted by Crippen LogP contribution is -2.51. The number of rotatable bonds is 3. The zero-order chi connectivity index (χ0) is 10.9. The maximum absolute atomic E-state index is 2.81. The van der Waals surface area contributed by atoms with Crippen LogP contribution < -0.4 is 0 Å². The minimum atomic E-state index is -1.16. The minimum absolute atomic E-state index is 0.705. The summed E-state index contributed by atoms with van der Waals surface area (Å²) in [5.41, 5.74) is 3.11. The molecule has 3 heteroatoms. The molecule has 0 saturated heterocycles. The molecule has 0 radical (unpaired) electrons. The molecule has 0 aromatic heterocycles. The minimum Gasteiger partial charge on any atom is -0.430 e. The van der Waals surface area contributed by atoms with Gasteiger partial charge in [-0.3, -0.25) is 0 Å². The van der Waals surface area contributed by atoms with E-state index in [0.29, 0.717) is 0 Å². The molecule has 0 spiro atoms. The van der Waals surface area contributed by atoms with E-state index >= 15 is 0 Å². The second kappa shape index (κ2) is 4.07. The summed E-state index contributed by atoms with van der Waals surface area (Å²) in [5, 5.41) is 0. The second-order valence-electron chi connectivity index (χ2n) is 5.37. The van der Waals surface area contributed by atoms with E-state index in [9.17, 15) is 0 Å². The molecule has 0 aromatic rings. The van der Waals surface area contributed by atoms with Crippen LogP contribution in [0.2, 0.25) is 32.7 Å². The fourth-order valence-electron chi connectivity index (χ4n) is 2.38. The van der Waals surface area contributed by atoms with E-state index in [-0.39, 0.29) is 0 Å². The molecule has 0 aliphatic heterocycles. The lowest BCUT2D eigenvalue weighted by molar-refractivity contribution is 0.749. The molecule has 0 N–H and O–H groups in total. The van der Waals surface area contributed by atoms with Crippen LogP contribution in [0.1, 0.15) is 13.3 Å². The van der Waals surface area contributed by atoms with E-state index in [2.05, 4.69) is 56.0 Å². The van der Waals surface area contributed by atoms with Gasteiger partial charge in [0.2, 0.25) is 0 Å². The summed E-state index contributed by atoms with van der Waals surface area (Å²) in [4.78, 5) is 0. The summed E-state index contributed by atoms with van der Waals surface area (Å²) in [6.07, 6.45) is 5.75. The molecule has 1 aliphatic rings. The lowest BCUT2D eigenvalue weighted by atomic mass is 10.3. The van der Waals surface area contributed by atoms with Crippen LogP contribution in [0.25, 0.3) is 0 Å². The van der Waals surface area contributed by atoms with Crippen LogP contribution in [0.3, 0.4) is 0 Å². The van der Waals surface area contributed by atoms with E-state index < -0.39 is 17.2 Å². The van der Waals surface area contributed by atoms with E-state index in [0.717, 1.165) is 0 Å². The summed E-state index contributed by atoms with van der Waals surface area (Å²) >= 11 is 0. The van der Waals surface area contributed by atoms with Gasteiger partial charge in [0.1, 0.15) is 17.2 Å². The molecule has 0 unspecified atom stereocenters. The van der Waals surface area contributed by atoms with Crippen LogP contribution in [0, 0.1) is 0 Å². The van der Waals surface area contributed by atoms with Crippen molar-refractivity contribution < 1.29 is 0 Å². The first-order chi connectivity index (χ1) is 6.34. The van der Waals surface area contributed by atoms with Crippen molar-refractivity contribution >= 4 is 17.2 Å². The van der Waals surface area contributed by atoms with Crippen molar-refractivity contribution in [3.05, 3.63) is 23.4 Å². The highest BCUT2D eigenvalue weighted by Crippen LogP contribution is 2.28. The fraction of sp³-hybridized carbons (Fsp3) is 0.636. The molecule has 1 rings (SSSR count). The molecule has 0 fully saturated rings. The Bertz CT molecular complexity index is 272. The summed E-state index contributed by atoms with van der Waals surface area (Å²) in [7, 11) is -1.86. The third-order valence-corrected chi connectivity index (χ3v) is 9.60. The Morgan fingerprint density at radius 2 is 1.86 bits per heavy atom. The monoisotopic (exact) mass is 225 g/mol. The molecule has 0 atom stereocenters. The highest BCUT2D eigenvalue weighted by molar-refractivity contribution is 6.83. The maximum atomic E-state index is 2.81. The highest BCUT2D eigenvalue weighted by atomic mass is 28.4. The molecule has 1 aliphatic carbocycles. The predicted octanol–water partition coefficient (Wildman–Crippen LogP) is 3.34. The standard InChI is InChI=1S/C11H23NSi2/c1-10-8-7-9-11(10)12(13(2)3)14(4,5)6/h7-8,13H,9H2,1-6H3. The van der Waals surface area contributed by atoms with Gasteiger partial charge in [-0.05, 0) is 12.5 Å². The first kappa shape index (κ1) is 11.8. The van der Waals surface area contributed by atoms with Crippen molar-refractivity contribution in [3.63, 3.8) is 0 Å². The Labute approximate surface area is 91.3 Å². The van der Waals surface area contributed by atoms with Gasteiger partial charge in [-0.2, -0.15) is 0 Å². The van der Waals surface area contributed by atoms with Gasteiger partial charge in [-0.15, -0.1) is 0 Å². The van der Waals surface area contributed by atoms with Gasteiger partial charge in [0.25, 0.3) is 0 Å². The number of allylic oxidation sites excluding steroid dienone is 3. The molecule has 1 nitrogen and oxygen atoms in total. The third-order valence-electron chi connectivity index (χ3n) is 2.66. The molecule has 0 saturated carbocycles. The van der Waals surface area contributed by atoms with Crippen molar-refractivity contribution in [2.45, 2.75) is 46.1 Å². The Balaban J connectivity index is 2.97. The largest absolute Gasteiger partial charge is 0.430 e. The topological polar surface area (TPSA) is 3.24 Å². The van der Waals surface area contributed by atoms with Gasteiger partial charge >= 0.3 is 0 Å². The number of hydrogen-bond acceptors (Lipinski definition) is 1. The zero-order valence-electron chi connectivity index (χ0n) is 10.4. The zero-order valence-corrected chi connectivity index (χ0v) is 12.5. The third kappa shape index (κ3) is 2.39. The number of nitrogens with zero attached hydrogens (tertiary/aromatic N) is 1. The molecular formula is C11H23NSi2. The maximum Gasteiger partial charge on any atom is 0.138 e. The van der Waals surface area contributed by atoms with Crippen molar-refractivity contribution in [3.8, 4) is 0 Å². The van der Waals surface area contributed by atoms with Crippen molar-refractivity contribution in [1.29, 1.82) is 0 Å².